The lowest BCUT2D eigenvalue weighted by atomic mass is 10.2. The third-order valence-electron chi connectivity index (χ3n) is 1.45. The Balaban J connectivity index is 3.22. The summed E-state index contributed by atoms with van der Waals surface area (Å²) in [4.78, 5) is 25.6. The smallest absolute Gasteiger partial charge is 0.324 e. The number of hydrogen-bond donors (Lipinski definition) is 3. The number of carboxylic acids is 1. The zero-order valence-corrected chi connectivity index (χ0v) is 7.99. The molecule has 4 N–H and O–H groups in total. The number of carbonyl (C=O) groups is 2. The largest absolute Gasteiger partial charge is 0.481 e. The van der Waals surface area contributed by atoms with Gasteiger partial charge in [-0.2, -0.15) is 5.48 Å². The van der Waals surface area contributed by atoms with Crippen molar-refractivity contribution in [3.05, 3.63) is 0 Å². The molecule has 0 fully saturated rings. The van der Waals surface area contributed by atoms with Gasteiger partial charge in [-0.1, -0.05) is 0 Å². The van der Waals surface area contributed by atoms with E-state index in [2.05, 4.69) is 10.3 Å². The minimum absolute atomic E-state index is 0.0868. The number of nitrogens with two attached hydrogens (primary N) is 1. The molecule has 0 aromatic heterocycles. The maximum absolute atomic E-state index is 10.9. The van der Waals surface area contributed by atoms with Crippen LogP contribution in [0.2, 0.25) is 0 Å². The molecule has 0 aromatic carbocycles. The van der Waals surface area contributed by atoms with E-state index in [0.29, 0.717) is 25.9 Å². The van der Waals surface area contributed by atoms with Crippen LogP contribution in [0.1, 0.15) is 25.7 Å². The van der Waals surface area contributed by atoms with Gasteiger partial charge >= 0.3 is 11.9 Å². The van der Waals surface area contributed by atoms with Gasteiger partial charge in [0.1, 0.15) is 0 Å². The molecule has 82 valence electrons. The molecule has 0 heterocycles. The number of unbranched alkanes of at least 4 members (excludes halogenated alkanes) is 1. The molecule has 0 amide bonds. The zero-order chi connectivity index (χ0) is 10.8. The van der Waals surface area contributed by atoms with Crippen molar-refractivity contribution >= 4 is 11.9 Å². The summed E-state index contributed by atoms with van der Waals surface area (Å²) in [6, 6.07) is 0. The maximum Gasteiger partial charge on any atom is 0.324 e. The first-order valence-electron chi connectivity index (χ1n) is 4.51. The standard InChI is InChI=1S/C8H16N2O4/c9-5-6-10-14-8(13)4-2-1-3-7(11)12/h10H,1-6,9H2,(H,11,12). The van der Waals surface area contributed by atoms with Gasteiger partial charge in [-0.15, -0.1) is 0 Å². The monoisotopic (exact) mass is 204 g/mol. The van der Waals surface area contributed by atoms with Crippen LogP contribution in [0.25, 0.3) is 0 Å². The predicted octanol–water partition coefficient (Wildman–Crippen LogP) is -0.362. The highest BCUT2D eigenvalue weighted by Gasteiger charge is 2.03. The predicted molar refractivity (Wildman–Crippen MR) is 49.3 cm³/mol. The summed E-state index contributed by atoms with van der Waals surface area (Å²) in [6.07, 6.45) is 1.32. The van der Waals surface area contributed by atoms with E-state index in [-0.39, 0.29) is 18.8 Å². The highest BCUT2D eigenvalue weighted by molar-refractivity contribution is 5.69. The first kappa shape index (κ1) is 12.9. The van der Waals surface area contributed by atoms with Crippen molar-refractivity contribution in [1.82, 2.24) is 5.48 Å². The number of aliphatic carboxylic acids is 1. The average molecular weight is 204 g/mol. The lowest BCUT2D eigenvalue weighted by Gasteiger charge is -2.03. The zero-order valence-electron chi connectivity index (χ0n) is 7.99. The van der Waals surface area contributed by atoms with Crippen LogP contribution in [0.5, 0.6) is 0 Å². The summed E-state index contributed by atoms with van der Waals surface area (Å²) < 4.78 is 0. The third kappa shape index (κ3) is 8.95. The molecule has 0 rings (SSSR count). The summed E-state index contributed by atoms with van der Waals surface area (Å²) in [5.41, 5.74) is 7.54. The molecule has 0 saturated heterocycles. The molecular formula is C8H16N2O4. The highest BCUT2D eigenvalue weighted by Crippen LogP contribution is 2.00. The van der Waals surface area contributed by atoms with E-state index in [9.17, 15) is 9.59 Å². The van der Waals surface area contributed by atoms with E-state index >= 15 is 0 Å². The summed E-state index contributed by atoms with van der Waals surface area (Å²) in [7, 11) is 0. The van der Waals surface area contributed by atoms with Gasteiger partial charge in [-0.25, -0.2) is 0 Å². The second kappa shape index (κ2) is 8.46. The molecule has 0 atom stereocenters. The van der Waals surface area contributed by atoms with Crippen molar-refractivity contribution in [2.75, 3.05) is 13.1 Å². The van der Waals surface area contributed by atoms with E-state index in [1.807, 2.05) is 0 Å². The van der Waals surface area contributed by atoms with Crippen molar-refractivity contribution in [3.8, 4) is 0 Å². The van der Waals surface area contributed by atoms with E-state index in [0.717, 1.165) is 0 Å². The average Bonchev–Trinajstić information content (AvgIpc) is 2.13. The van der Waals surface area contributed by atoms with E-state index in [4.69, 9.17) is 10.8 Å². The first-order chi connectivity index (χ1) is 6.66. The van der Waals surface area contributed by atoms with Crippen molar-refractivity contribution in [3.63, 3.8) is 0 Å². The van der Waals surface area contributed by atoms with Crippen molar-refractivity contribution in [1.29, 1.82) is 0 Å². The second-order valence-corrected chi connectivity index (χ2v) is 2.76. The van der Waals surface area contributed by atoms with Gasteiger partial charge in [-0.3, -0.25) is 9.59 Å². The Labute approximate surface area is 82.4 Å². The van der Waals surface area contributed by atoms with Gasteiger partial charge in [-0.05, 0) is 12.8 Å². The number of carbonyl (C=O) groups excluding carboxylic acids is 1. The van der Waals surface area contributed by atoms with Crippen LogP contribution in [0.4, 0.5) is 0 Å². The fraction of sp³-hybridized carbons (Fsp3) is 0.750. The van der Waals surface area contributed by atoms with E-state index in [1.54, 1.807) is 0 Å². The van der Waals surface area contributed by atoms with Gasteiger partial charge in [0.2, 0.25) is 0 Å². The fourth-order valence-corrected chi connectivity index (χ4v) is 0.787. The van der Waals surface area contributed by atoms with Gasteiger partial charge in [0.15, 0.2) is 0 Å². The molecule has 0 aliphatic carbocycles. The van der Waals surface area contributed by atoms with E-state index < -0.39 is 5.97 Å². The SMILES string of the molecule is NCCNOC(=O)CCCCC(=O)O. The van der Waals surface area contributed by atoms with E-state index in [1.165, 1.54) is 0 Å². The van der Waals surface area contributed by atoms with Crippen molar-refractivity contribution in [2.45, 2.75) is 25.7 Å². The van der Waals surface area contributed by atoms with Crippen LogP contribution in [0.15, 0.2) is 0 Å². The highest BCUT2D eigenvalue weighted by atomic mass is 16.7. The minimum atomic E-state index is -0.848. The molecule has 0 saturated carbocycles. The summed E-state index contributed by atoms with van der Waals surface area (Å²) in [5.74, 6) is -1.23. The number of nitrogens with one attached hydrogen (secondary N) is 1. The third-order valence-corrected chi connectivity index (χ3v) is 1.45. The Kier molecular flexibility index (Phi) is 7.77. The molecule has 0 aliphatic heterocycles. The Morgan fingerprint density at radius 1 is 1.29 bits per heavy atom. The van der Waals surface area contributed by atoms with Crippen LogP contribution < -0.4 is 11.2 Å². The van der Waals surface area contributed by atoms with Gasteiger partial charge in [0.05, 0.1) is 0 Å². The number of rotatable bonds is 8. The second-order valence-electron chi connectivity index (χ2n) is 2.76. The Bertz CT molecular complexity index is 184. The van der Waals surface area contributed by atoms with Gasteiger partial charge < -0.3 is 15.7 Å². The Hall–Kier alpha value is -1.14. The number of hydrogen-bond acceptors (Lipinski definition) is 5. The maximum atomic E-state index is 10.9. The van der Waals surface area contributed by atoms with Crippen LogP contribution in [0, 0.1) is 0 Å². The molecule has 0 bridgehead atoms. The molecule has 0 spiro atoms. The lowest BCUT2D eigenvalue weighted by molar-refractivity contribution is -0.151. The first-order valence-corrected chi connectivity index (χ1v) is 4.51. The fourth-order valence-electron chi connectivity index (χ4n) is 0.787. The lowest BCUT2D eigenvalue weighted by Crippen LogP contribution is -2.25. The van der Waals surface area contributed by atoms with Crippen LogP contribution in [-0.4, -0.2) is 30.1 Å². The molecule has 0 aromatic rings. The van der Waals surface area contributed by atoms with Crippen molar-refractivity contribution < 1.29 is 19.5 Å². The summed E-state index contributed by atoms with van der Waals surface area (Å²) in [5, 5.41) is 8.31. The quantitative estimate of drug-likeness (QED) is 0.368. The van der Waals surface area contributed by atoms with Crippen LogP contribution in [-0.2, 0) is 14.4 Å². The topological polar surface area (TPSA) is 102 Å². The molecule has 6 heteroatoms. The van der Waals surface area contributed by atoms with Crippen LogP contribution in [0.3, 0.4) is 0 Å². The molecule has 0 aliphatic rings. The Morgan fingerprint density at radius 2 is 1.93 bits per heavy atom. The Morgan fingerprint density at radius 3 is 2.50 bits per heavy atom. The summed E-state index contributed by atoms with van der Waals surface area (Å²) in [6.45, 7) is 0.813. The summed E-state index contributed by atoms with van der Waals surface area (Å²) >= 11 is 0. The molecule has 0 radical (unpaired) electrons. The number of carboxylic acid groups (broad SMARTS) is 1. The van der Waals surface area contributed by atoms with Gasteiger partial charge in [0, 0.05) is 25.9 Å². The number of hydroxylamine groups is 1. The van der Waals surface area contributed by atoms with Crippen molar-refractivity contribution in [2.24, 2.45) is 5.73 Å². The van der Waals surface area contributed by atoms with Gasteiger partial charge in [0.25, 0.3) is 0 Å². The normalized spacial score (nSPS) is 9.79. The minimum Gasteiger partial charge on any atom is -0.481 e. The molecular weight excluding hydrogens is 188 g/mol. The molecule has 0 unspecified atom stereocenters. The van der Waals surface area contributed by atoms with Crippen LogP contribution >= 0.6 is 0 Å². The molecule has 14 heavy (non-hydrogen) atoms. The molecule has 6 nitrogen and oxygen atoms in total.